The smallest absolute Gasteiger partial charge is 0.305 e. The van der Waals surface area contributed by atoms with Gasteiger partial charge in [-0.1, -0.05) is 334 Å². The molecule has 3 N–H and O–H groups in total. The van der Waals surface area contributed by atoms with Crippen molar-refractivity contribution in [1.29, 1.82) is 0 Å². The van der Waals surface area contributed by atoms with Crippen LogP contribution in [0.2, 0.25) is 0 Å². The standard InChI is InChI=1S/C69H133NO5/c1-3-5-7-9-11-13-15-17-18-31-35-39-43-47-51-55-59-63-69(74)75-64-60-56-52-48-44-40-36-33-30-28-26-24-22-20-19-21-23-25-27-29-32-34-38-42-46-50-54-58-62-68(73)70-66(65-71)67(72)61-57-53-49-45-41-37-16-14-12-10-8-6-4-2/h17-18,57,61,66-67,71-72H,3-16,19-56,58-60,62-65H2,1-2H3,(H,70,73)/b18-17-,61-57+. The average molecular weight is 1060 g/mol. The number of nitrogens with one attached hydrogen (secondary N) is 1. The summed E-state index contributed by atoms with van der Waals surface area (Å²) in [5, 5.41) is 23.1. The van der Waals surface area contributed by atoms with E-state index in [1.54, 1.807) is 6.08 Å². The van der Waals surface area contributed by atoms with Gasteiger partial charge in [-0.05, 0) is 57.8 Å². The van der Waals surface area contributed by atoms with Crippen LogP contribution in [0.1, 0.15) is 380 Å². The molecule has 0 aromatic heterocycles. The van der Waals surface area contributed by atoms with Crippen molar-refractivity contribution in [2.75, 3.05) is 13.2 Å². The second kappa shape index (κ2) is 64.9. The Bertz CT molecular complexity index is 1170. The molecule has 0 aliphatic rings. The largest absolute Gasteiger partial charge is 0.466 e. The number of hydrogen-bond donors (Lipinski definition) is 3. The van der Waals surface area contributed by atoms with Crippen LogP contribution in [-0.4, -0.2) is 47.4 Å². The number of allylic oxidation sites excluding steroid dienone is 3. The average Bonchev–Trinajstić information content (AvgIpc) is 3.41. The Morgan fingerprint density at radius 2 is 0.627 bits per heavy atom. The van der Waals surface area contributed by atoms with Crippen LogP contribution in [0.4, 0.5) is 0 Å². The van der Waals surface area contributed by atoms with Crippen LogP contribution in [0.3, 0.4) is 0 Å². The van der Waals surface area contributed by atoms with Crippen LogP contribution in [-0.2, 0) is 14.3 Å². The molecular weight excluding hydrogens is 923 g/mol. The van der Waals surface area contributed by atoms with Gasteiger partial charge < -0.3 is 20.3 Å². The highest BCUT2D eigenvalue weighted by Crippen LogP contribution is 2.18. The molecule has 2 atom stereocenters. The topological polar surface area (TPSA) is 95.9 Å². The lowest BCUT2D eigenvalue weighted by molar-refractivity contribution is -0.143. The van der Waals surface area contributed by atoms with E-state index < -0.39 is 12.1 Å². The summed E-state index contributed by atoms with van der Waals surface area (Å²) >= 11 is 0. The van der Waals surface area contributed by atoms with Gasteiger partial charge in [-0.15, -0.1) is 0 Å². The molecule has 75 heavy (non-hydrogen) atoms. The van der Waals surface area contributed by atoms with Gasteiger partial charge in [0.25, 0.3) is 0 Å². The van der Waals surface area contributed by atoms with Gasteiger partial charge in [-0.2, -0.15) is 0 Å². The SMILES string of the molecule is CCCCCCCC/C=C\CCCCCCCCCC(=O)OCCCCCCCCCCCCCCCCCCCCCCCCCCCCCCC(=O)NC(CO)C(O)/C=C/CCCCCCCCCCCCC. The number of carbonyl (C=O) groups is 2. The number of unbranched alkanes of at least 4 members (excludes halogenated alkanes) is 51. The number of carbonyl (C=O) groups excluding carboxylic acids is 2. The van der Waals surface area contributed by atoms with Crippen molar-refractivity contribution in [1.82, 2.24) is 5.32 Å². The molecule has 0 heterocycles. The number of aliphatic hydroxyl groups is 2. The monoisotopic (exact) mass is 1060 g/mol. The Balaban J connectivity index is 3.33. The van der Waals surface area contributed by atoms with Crippen LogP contribution >= 0.6 is 0 Å². The molecule has 0 aromatic rings. The van der Waals surface area contributed by atoms with Crippen LogP contribution in [0.5, 0.6) is 0 Å². The number of rotatable bonds is 64. The third-order valence-electron chi connectivity index (χ3n) is 16.0. The molecule has 2 unspecified atom stereocenters. The fourth-order valence-corrected chi connectivity index (χ4v) is 10.7. The van der Waals surface area contributed by atoms with E-state index in [9.17, 15) is 19.8 Å². The molecule has 0 aliphatic carbocycles. The second-order valence-electron chi connectivity index (χ2n) is 23.5. The minimum atomic E-state index is -0.841. The van der Waals surface area contributed by atoms with Crippen molar-refractivity contribution >= 4 is 11.9 Å². The molecule has 0 rings (SSSR count). The van der Waals surface area contributed by atoms with Crippen LogP contribution in [0.15, 0.2) is 24.3 Å². The third-order valence-corrected chi connectivity index (χ3v) is 16.0. The maximum absolute atomic E-state index is 12.5. The molecule has 6 nitrogen and oxygen atoms in total. The highest BCUT2D eigenvalue weighted by atomic mass is 16.5. The summed E-state index contributed by atoms with van der Waals surface area (Å²) < 4.78 is 5.50. The Kier molecular flexibility index (Phi) is 63.4. The minimum Gasteiger partial charge on any atom is -0.466 e. The molecule has 0 fully saturated rings. The molecule has 0 spiro atoms. The van der Waals surface area contributed by atoms with E-state index in [4.69, 9.17) is 4.74 Å². The van der Waals surface area contributed by atoms with E-state index in [-0.39, 0.29) is 18.5 Å². The molecule has 0 saturated heterocycles. The first-order valence-corrected chi connectivity index (χ1v) is 34.1. The zero-order chi connectivity index (χ0) is 54.3. The van der Waals surface area contributed by atoms with Crippen molar-refractivity contribution in [2.24, 2.45) is 0 Å². The highest BCUT2D eigenvalue weighted by Gasteiger charge is 2.18. The number of hydrogen-bond acceptors (Lipinski definition) is 5. The van der Waals surface area contributed by atoms with Crippen molar-refractivity contribution in [3.05, 3.63) is 24.3 Å². The van der Waals surface area contributed by atoms with Gasteiger partial charge in [0.2, 0.25) is 5.91 Å². The van der Waals surface area contributed by atoms with E-state index in [1.807, 2.05) is 6.08 Å². The van der Waals surface area contributed by atoms with E-state index in [1.165, 1.54) is 308 Å². The fourth-order valence-electron chi connectivity index (χ4n) is 10.7. The predicted octanol–water partition coefficient (Wildman–Crippen LogP) is 21.8. The lowest BCUT2D eigenvalue weighted by Crippen LogP contribution is -2.45. The maximum Gasteiger partial charge on any atom is 0.305 e. The van der Waals surface area contributed by atoms with Crippen molar-refractivity contribution in [3.63, 3.8) is 0 Å². The Morgan fingerprint density at radius 1 is 0.360 bits per heavy atom. The summed E-state index contributed by atoms with van der Waals surface area (Å²) in [5.41, 5.74) is 0. The number of esters is 1. The van der Waals surface area contributed by atoms with Crippen molar-refractivity contribution < 1.29 is 24.5 Å². The van der Waals surface area contributed by atoms with Gasteiger partial charge in [0.15, 0.2) is 0 Å². The molecule has 0 aromatic carbocycles. The predicted molar refractivity (Wildman–Crippen MR) is 329 cm³/mol. The Labute approximate surface area is 469 Å². The zero-order valence-electron chi connectivity index (χ0n) is 50.8. The molecular formula is C69H133NO5. The van der Waals surface area contributed by atoms with E-state index >= 15 is 0 Å². The van der Waals surface area contributed by atoms with Gasteiger partial charge in [-0.3, -0.25) is 9.59 Å². The first kappa shape index (κ1) is 73.3. The minimum absolute atomic E-state index is 0.0156. The summed E-state index contributed by atoms with van der Waals surface area (Å²) in [6.45, 7) is 4.92. The summed E-state index contributed by atoms with van der Waals surface area (Å²) in [5.74, 6) is -0.0478. The molecule has 0 saturated carbocycles. The summed E-state index contributed by atoms with van der Waals surface area (Å²) in [6, 6.07) is -0.624. The van der Waals surface area contributed by atoms with Crippen LogP contribution in [0.25, 0.3) is 0 Å². The van der Waals surface area contributed by atoms with Gasteiger partial charge in [0.05, 0.1) is 25.4 Å². The Morgan fingerprint density at radius 3 is 0.947 bits per heavy atom. The molecule has 1 amide bonds. The first-order valence-electron chi connectivity index (χ1n) is 34.1. The van der Waals surface area contributed by atoms with E-state index in [2.05, 4.69) is 31.3 Å². The van der Waals surface area contributed by atoms with Gasteiger partial charge in [0, 0.05) is 12.8 Å². The normalized spacial score (nSPS) is 12.6. The fraction of sp³-hybridized carbons (Fsp3) is 0.913. The van der Waals surface area contributed by atoms with Crippen molar-refractivity contribution in [3.8, 4) is 0 Å². The maximum atomic E-state index is 12.5. The third kappa shape index (κ3) is 61.4. The Hall–Kier alpha value is -1.66. The molecule has 0 radical (unpaired) electrons. The number of ether oxygens (including phenoxy) is 1. The van der Waals surface area contributed by atoms with Crippen LogP contribution in [0, 0.1) is 0 Å². The summed E-state index contributed by atoms with van der Waals surface area (Å²) in [6.07, 6.45) is 81.1. The van der Waals surface area contributed by atoms with Gasteiger partial charge >= 0.3 is 5.97 Å². The highest BCUT2D eigenvalue weighted by molar-refractivity contribution is 5.76. The van der Waals surface area contributed by atoms with E-state index in [0.717, 1.165) is 44.9 Å². The lowest BCUT2D eigenvalue weighted by atomic mass is 10.0. The first-order chi connectivity index (χ1) is 37.0. The van der Waals surface area contributed by atoms with Gasteiger partial charge in [-0.25, -0.2) is 0 Å². The molecule has 0 bridgehead atoms. The molecule has 0 aliphatic heterocycles. The van der Waals surface area contributed by atoms with Crippen molar-refractivity contribution in [2.45, 2.75) is 392 Å². The summed E-state index contributed by atoms with van der Waals surface area (Å²) in [7, 11) is 0. The molecule has 444 valence electrons. The molecule has 6 heteroatoms. The summed E-state index contributed by atoms with van der Waals surface area (Å²) in [4.78, 5) is 24.6. The number of aliphatic hydroxyl groups excluding tert-OH is 2. The number of amides is 1. The lowest BCUT2D eigenvalue weighted by Gasteiger charge is -2.20. The zero-order valence-corrected chi connectivity index (χ0v) is 50.8. The quantitative estimate of drug-likeness (QED) is 0.0320. The van der Waals surface area contributed by atoms with Crippen LogP contribution < -0.4 is 5.32 Å². The second-order valence-corrected chi connectivity index (χ2v) is 23.5. The van der Waals surface area contributed by atoms with Gasteiger partial charge in [0.1, 0.15) is 0 Å². The van der Waals surface area contributed by atoms with E-state index in [0.29, 0.717) is 19.4 Å².